The Balaban J connectivity index is 1.17. The van der Waals surface area contributed by atoms with Gasteiger partial charge in [-0.05, 0) is 40.8 Å². The van der Waals surface area contributed by atoms with Gasteiger partial charge >= 0.3 is 5.97 Å². The quantitative estimate of drug-likeness (QED) is 0.0475. The van der Waals surface area contributed by atoms with Gasteiger partial charge in [-0.3, -0.25) is 4.79 Å². The number of aliphatic hydroxyl groups is 1. The number of rotatable bonds is 24. The Hall–Kier alpha value is -4.02. The monoisotopic (exact) mass is 780 g/mol. The molecule has 56 heavy (non-hydrogen) atoms. The molecular weight excluding hydrogens is 721 g/mol. The first kappa shape index (κ1) is 43.1. The summed E-state index contributed by atoms with van der Waals surface area (Å²) in [6.45, 7) is 2.66. The van der Waals surface area contributed by atoms with E-state index in [2.05, 4.69) is 29.4 Å². The van der Waals surface area contributed by atoms with Gasteiger partial charge in [0.25, 0.3) is 0 Å². The lowest BCUT2D eigenvalue weighted by atomic mass is 9.84. The molecule has 300 valence electrons. The van der Waals surface area contributed by atoms with Crippen molar-refractivity contribution in [2.45, 2.75) is 139 Å². The molecule has 4 unspecified atom stereocenters. The second-order valence-electron chi connectivity index (χ2n) is 14.9. The highest BCUT2D eigenvalue weighted by Crippen LogP contribution is 2.48. The SMILES string of the molecule is CCCCCCCCCCCCCCCC(=O)NCc1ccc(C2OC(CSc3ncccc3C(=O)O)C(c3ccccc3)C(c3ccc(CO)cc3)O2)cc1. The minimum atomic E-state index is -1.02. The van der Waals surface area contributed by atoms with E-state index in [4.69, 9.17) is 9.47 Å². The van der Waals surface area contributed by atoms with E-state index < -0.39 is 18.4 Å². The van der Waals surface area contributed by atoms with E-state index in [9.17, 15) is 19.8 Å². The lowest BCUT2D eigenvalue weighted by molar-refractivity contribution is -0.255. The minimum absolute atomic E-state index is 0.0544. The largest absolute Gasteiger partial charge is 0.478 e. The highest BCUT2D eigenvalue weighted by Gasteiger charge is 2.42. The number of hydrogen-bond donors (Lipinski definition) is 3. The van der Waals surface area contributed by atoms with Crippen LogP contribution in [0.25, 0.3) is 0 Å². The molecule has 1 aliphatic rings. The molecule has 2 heterocycles. The summed E-state index contributed by atoms with van der Waals surface area (Å²) in [6, 6.07) is 29.0. The maximum atomic E-state index is 12.6. The van der Waals surface area contributed by atoms with Crippen LogP contribution < -0.4 is 5.32 Å². The van der Waals surface area contributed by atoms with Crippen molar-refractivity contribution in [1.29, 1.82) is 0 Å². The third kappa shape index (κ3) is 13.6. The number of pyridine rings is 1. The summed E-state index contributed by atoms with van der Waals surface area (Å²) in [5.41, 5.74) is 4.78. The Bertz CT molecular complexity index is 1740. The third-order valence-electron chi connectivity index (χ3n) is 10.6. The minimum Gasteiger partial charge on any atom is -0.478 e. The molecule has 9 heteroatoms. The van der Waals surface area contributed by atoms with Crippen LogP contribution in [-0.2, 0) is 27.4 Å². The number of aromatic nitrogens is 1. The third-order valence-corrected chi connectivity index (χ3v) is 11.7. The number of nitrogens with zero attached hydrogens (tertiary/aromatic N) is 1. The van der Waals surface area contributed by atoms with Crippen LogP contribution in [-0.4, -0.2) is 38.9 Å². The van der Waals surface area contributed by atoms with Crippen molar-refractivity contribution in [3.05, 3.63) is 131 Å². The molecule has 1 amide bonds. The molecular formula is C47H60N2O6S. The smallest absolute Gasteiger partial charge is 0.338 e. The molecule has 0 spiro atoms. The Morgan fingerprint density at radius 3 is 1.93 bits per heavy atom. The fourth-order valence-corrected chi connectivity index (χ4v) is 8.42. The van der Waals surface area contributed by atoms with Crippen LogP contribution in [0.2, 0.25) is 0 Å². The van der Waals surface area contributed by atoms with Crippen LogP contribution in [0.4, 0.5) is 0 Å². The lowest BCUT2D eigenvalue weighted by Gasteiger charge is -2.43. The van der Waals surface area contributed by atoms with Gasteiger partial charge in [-0.2, -0.15) is 0 Å². The first-order chi connectivity index (χ1) is 27.5. The first-order valence-corrected chi connectivity index (χ1v) is 21.7. The van der Waals surface area contributed by atoms with Gasteiger partial charge in [-0.15, -0.1) is 11.8 Å². The average Bonchev–Trinajstić information content (AvgIpc) is 3.24. The fraction of sp³-hybridized carbons (Fsp3) is 0.468. The fourth-order valence-electron chi connectivity index (χ4n) is 7.37. The van der Waals surface area contributed by atoms with Gasteiger partial charge in [0.15, 0.2) is 6.29 Å². The summed E-state index contributed by atoms with van der Waals surface area (Å²) in [5.74, 6) is -0.729. The Morgan fingerprint density at radius 2 is 1.30 bits per heavy atom. The van der Waals surface area contributed by atoms with Gasteiger partial charge in [0, 0.05) is 36.4 Å². The number of carboxylic acids is 1. The number of thioether (sulfide) groups is 1. The molecule has 1 aliphatic heterocycles. The summed E-state index contributed by atoms with van der Waals surface area (Å²) in [7, 11) is 0. The number of benzene rings is 3. The second-order valence-corrected chi connectivity index (χ2v) is 15.9. The van der Waals surface area contributed by atoms with Crippen molar-refractivity contribution in [3.63, 3.8) is 0 Å². The molecule has 0 radical (unpaired) electrons. The lowest BCUT2D eigenvalue weighted by Crippen LogP contribution is -2.38. The van der Waals surface area contributed by atoms with Crippen LogP contribution >= 0.6 is 11.8 Å². The van der Waals surface area contributed by atoms with E-state index in [0.29, 0.717) is 23.7 Å². The van der Waals surface area contributed by atoms with Gasteiger partial charge in [-0.25, -0.2) is 9.78 Å². The zero-order valence-electron chi connectivity index (χ0n) is 33.0. The van der Waals surface area contributed by atoms with Crippen molar-refractivity contribution in [2.75, 3.05) is 5.75 Å². The van der Waals surface area contributed by atoms with Gasteiger partial charge in [-0.1, -0.05) is 163 Å². The molecule has 5 rings (SSSR count). The number of ether oxygens (including phenoxy) is 2. The highest BCUT2D eigenvalue weighted by atomic mass is 32.2. The second kappa shape index (κ2) is 23.9. The molecule has 4 atom stereocenters. The molecule has 0 saturated carbocycles. The number of aromatic carboxylic acids is 1. The van der Waals surface area contributed by atoms with Crippen LogP contribution in [0.5, 0.6) is 0 Å². The van der Waals surface area contributed by atoms with E-state index in [1.165, 1.54) is 82.4 Å². The number of unbranched alkanes of at least 4 members (excludes halogenated alkanes) is 12. The van der Waals surface area contributed by atoms with Gasteiger partial charge in [0.1, 0.15) is 5.03 Å². The van der Waals surface area contributed by atoms with E-state index in [1.54, 1.807) is 18.3 Å². The van der Waals surface area contributed by atoms with Crippen molar-refractivity contribution >= 4 is 23.6 Å². The van der Waals surface area contributed by atoms with Gasteiger partial charge in [0.2, 0.25) is 5.91 Å². The maximum absolute atomic E-state index is 12.6. The molecule has 0 bridgehead atoms. The highest BCUT2D eigenvalue weighted by molar-refractivity contribution is 7.99. The molecule has 3 aromatic carbocycles. The number of hydrogen-bond acceptors (Lipinski definition) is 7. The van der Waals surface area contributed by atoms with Crippen molar-refractivity contribution < 1.29 is 29.3 Å². The van der Waals surface area contributed by atoms with Crippen molar-refractivity contribution in [3.8, 4) is 0 Å². The topological polar surface area (TPSA) is 118 Å². The standard InChI is InChI=1S/C47H60N2O6S/c1-2-3-4-5-6-7-8-9-10-11-12-13-17-22-42(51)49-32-35-23-29-39(30-24-35)47-54-41(34-56-45-40(46(52)53)21-18-31-48-45)43(37-19-15-14-16-20-37)44(55-47)38-27-25-36(33-50)26-28-38/h14-16,18-21,23-31,41,43-44,47,50H,2-13,17,22,32-34H2,1H3,(H,49,51)(H,52,53). The summed E-state index contributed by atoms with van der Waals surface area (Å²) >= 11 is 1.36. The molecule has 1 aromatic heterocycles. The number of carbonyl (C=O) groups excluding carboxylic acids is 1. The van der Waals surface area contributed by atoms with E-state index in [1.807, 2.05) is 66.7 Å². The average molecular weight is 781 g/mol. The Kier molecular flexibility index (Phi) is 18.4. The van der Waals surface area contributed by atoms with Crippen LogP contribution in [0.3, 0.4) is 0 Å². The van der Waals surface area contributed by atoms with Crippen LogP contribution in [0, 0.1) is 0 Å². The molecule has 1 fully saturated rings. The number of carboxylic acid groups (broad SMARTS) is 1. The maximum Gasteiger partial charge on any atom is 0.338 e. The summed E-state index contributed by atoms with van der Waals surface area (Å²) < 4.78 is 13.6. The van der Waals surface area contributed by atoms with Crippen molar-refractivity contribution in [2.24, 2.45) is 0 Å². The number of carbonyl (C=O) groups is 2. The van der Waals surface area contributed by atoms with Crippen LogP contribution in [0.1, 0.15) is 153 Å². The molecule has 4 aromatic rings. The molecule has 1 saturated heterocycles. The Labute approximate surface area is 337 Å². The predicted molar refractivity (Wildman–Crippen MR) is 224 cm³/mol. The number of aliphatic hydroxyl groups excluding tert-OH is 1. The number of nitrogens with one attached hydrogen (secondary N) is 1. The summed E-state index contributed by atoms with van der Waals surface area (Å²) in [6.07, 6.45) is 17.4. The van der Waals surface area contributed by atoms with E-state index in [-0.39, 0.29) is 30.1 Å². The molecule has 3 N–H and O–H groups in total. The normalized spacial score (nSPS) is 18.1. The van der Waals surface area contributed by atoms with Crippen LogP contribution in [0.15, 0.2) is 102 Å². The van der Waals surface area contributed by atoms with E-state index >= 15 is 0 Å². The molecule has 8 nitrogen and oxygen atoms in total. The zero-order chi connectivity index (χ0) is 39.4. The Morgan fingerprint density at radius 1 is 0.696 bits per heavy atom. The van der Waals surface area contributed by atoms with Gasteiger partial charge in [0.05, 0.1) is 24.4 Å². The van der Waals surface area contributed by atoms with E-state index in [0.717, 1.165) is 40.7 Å². The molecule has 0 aliphatic carbocycles. The number of amides is 1. The van der Waals surface area contributed by atoms with Gasteiger partial charge < -0.3 is 25.0 Å². The predicted octanol–water partition coefficient (Wildman–Crippen LogP) is 11.1. The zero-order valence-corrected chi connectivity index (χ0v) is 33.8. The summed E-state index contributed by atoms with van der Waals surface area (Å²) in [5, 5.41) is 23.1. The summed E-state index contributed by atoms with van der Waals surface area (Å²) in [4.78, 5) is 29.0. The van der Waals surface area contributed by atoms with Crippen molar-refractivity contribution in [1.82, 2.24) is 10.3 Å². The first-order valence-electron chi connectivity index (χ1n) is 20.7.